The minimum atomic E-state index is -1.91. The first-order valence-corrected chi connectivity index (χ1v) is 36.8. The topological polar surface area (TPSA) is 82.5 Å². The number of hydrogen-bond acceptors (Lipinski definition) is 5. The molecule has 8 nitrogen and oxygen atoms in total. The zero-order valence-electron chi connectivity index (χ0n) is 59.5. The van der Waals surface area contributed by atoms with Gasteiger partial charge in [0.2, 0.25) is 0 Å². The Bertz CT molecular complexity index is 3360. The number of nitrogens with zero attached hydrogens (tertiary/aromatic N) is 4. The molecule has 4 saturated heterocycles. The molecule has 0 saturated carbocycles. The number of ether oxygens (including phenoxy) is 4. The molecule has 4 fully saturated rings. The maximum atomic E-state index is 5.23. The molecule has 98 heavy (non-hydrogen) atoms. The first-order chi connectivity index (χ1) is 47.1. The molecule has 0 aliphatic carbocycles. The van der Waals surface area contributed by atoms with Crippen molar-refractivity contribution in [2.45, 2.75) is 130 Å². The first kappa shape index (κ1) is 76.0. The molecule has 0 bridgehead atoms. The van der Waals surface area contributed by atoms with Gasteiger partial charge in [-0.3, -0.25) is 0 Å². The van der Waals surface area contributed by atoms with E-state index in [-0.39, 0.29) is 33.3 Å². The van der Waals surface area contributed by atoms with Crippen LogP contribution in [0.3, 0.4) is 0 Å². The summed E-state index contributed by atoms with van der Waals surface area (Å²) in [5, 5.41) is 21.2. The minimum absolute atomic E-state index is 0. The van der Waals surface area contributed by atoms with Gasteiger partial charge in [-0.15, -0.1) is 34.1 Å². The van der Waals surface area contributed by atoms with Gasteiger partial charge in [-0.2, -0.15) is 0 Å². The van der Waals surface area contributed by atoms with Crippen molar-refractivity contribution in [1.29, 1.82) is 0 Å². The molecule has 14 rings (SSSR count). The van der Waals surface area contributed by atoms with Crippen molar-refractivity contribution >= 4 is 79.7 Å². The first-order valence-electron chi connectivity index (χ1n) is 35.1. The smallest absolute Gasteiger partial charge is 0.656 e. The zero-order chi connectivity index (χ0) is 68.2. The van der Waals surface area contributed by atoms with Crippen molar-refractivity contribution in [2.24, 2.45) is 0 Å². The van der Waals surface area contributed by atoms with Crippen LogP contribution in [0, 0.1) is 0 Å². The van der Waals surface area contributed by atoms with Gasteiger partial charge in [0.25, 0.3) is 0 Å². The van der Waals surface area contributed by atoms with Crippen molar-refractivity contribution < 1.29 is 36.0 Å². The Hall–Kier alpha value is -7.81. The van der Waals surface area contributed by atoms with E-state index >= 15 is 0 Å². The van der Waals surface area contributed by atoms with Crippen LogP contribution in [0.25, 0.3) is 16.0 Å². The van der Waals surface area contributed by atoms with Crippen LogP contribution in [0.2, 0.25) is 0 Å². The molecule has 10 aromatic carbocycles. The van der Waals surface area contributed by atoms with Gasteiger partial charge in [-0.1, -0.05) is 263 Å². The van der Waals surface area contributed by atoms with E-state index in [1.807, 2.05) is 18.2 Å². The Morgan fingerprint density at radius 2 is 0.449 bits per heavy atom. The monoisotopic (exact) mass is 1370 g/mol. The van der Waals surface area contributed by atoms with Gasteiger partial charge >= 0.3 is 17.1 Å². The van der Waals surface area contributed by atoms with Gasteiger partial charge in [-0.25, -0.2) is 0 Å². The fourth-order valence-electron chi connectivity index (χ4n) is 11.7. The molecule has 4 aliphatic heterocycles. The quantitative estimate of drug-likeness (QED) is 0.0848. The normalized spacial score (nSPS) is 14.1. The molecule has 0 amide bonds. The van der Waals surface area contributed by atoms with E-state index in [0.717, 1.165) is 104 Å². The maximum Gasteiger partial charge on any atom is 3.00 e. The fourth-order valence-corrected chi connectivity index (χ4v) is 16.0. The average Bonchev–Trinajstić information content (AvgIpc) is 1.16. The molecule has 4 heterocycles. The summed E-state index contributed by atoms with van der Waals surface area (Å²) in [5.74, 6) is 0. The van der Waals surface area contributed by atoms with Gasteiger partial charge in [0.05, 0.1) is 0 Å². The summed E-state index contributed by atoms with van der Waals surface area (Å²) >= 11 is 0. The van der Waals surface area contributed by atoms with E-state index in [0.29, 0.717) is 0 Å². The predicted octanol–water partition coefficient (Wildman–Crippen LogP) is 23.6. The van der Waals surface area contributed by atoms with Crippen LogP contribution in [-0.4, -0.2) is 52.9 Å². The number of hydrogen-bond donors (Lipinski definition) is 0. The van der Waals surface area contributed by atoms with E-state index in [1.165, 1.54) is 89.3 Å². The Labute approximate surface area is 599 Å². The molecule has 4 aliphatic rings. The van der Waals surface area contributed by atoms with Crippen molar-refractivity contribution in [3.63, 3.8) is 0 Å². The Morgan fingerprint density at radius 3 is 0.633 bits per heavy atom. The molecule has 10 aromatic rings. The largest absolute Gasteiger partial charge is 3.00 e. The summed E-state index contributed by atoms with van der Waals surface area (Å²) in [4.78, 5) is 2.26. The van der Waals surface area contributed by atoms with E-state index < -0.39 is 7.26 Å². The average molecular weight is 1370 g/mol. The second-order valence-corrected chi connectivity index (χ2v) is 31.2. The zero-order valence-corrected chi connectivity index (χ0v) is 61.5. The molecule has 0 aromatic heterocycles. The van der Waals surface area contributed by atoms with Crippen molar-refractivity contribution in [1.82, 2.24) is 0 Å². The van der Waals surface area contributed by atoms with Crippen LogP contribution in [0.5, 0.6) is 0 Å². The van der Waals surface area contributed by atoms with E-state index in [9.17, 15) is 0 Å². The van der Waals surface area contributed by atoms with Crippen molar-refractivity contribution in [2.75, 3.05) is 57.8 Å². The molecular formula is C88H103MnN4O4P+. The SMILES string of the molecule is C1CCOC1.C1CCOC1.C1CCOC1.C1CCOC1.CC(C)(C)c1ccc([N-]c2ccccc2N(c2ccccc2[N-]c2ccc(C(C)(C)C)cc2)c2ccccc2[N-]c2ccc(C(C)(C)C)cc2)cc1.[Mn+3].c1ccc([P+](c2ccccc2)(c2ccccc2)c2ccccc2)cc1. The molecule has 0 spiro atoms. The second kappa shape index (κ2) is 38.5. The molecule has 0 atom stereocenters. The van der Waals surface area contributed by atoms with Gasteiger partial charge in [0, 0.05) is 69.9 Å². The van der Waals surface area contributed by atoms with Crippen LogP contribution in [0.15, 0.2) is 267 Å². The fraction of sp³-hybridized carbons (Fsp3) is 0.318. The van der Waals surface area contributed by atoms with Crippen LogP contribution < -0.4 is 26.1 Å². The summed E-state index contributed by atoms with van der Waals surface area (Å²) in [6.07, 6.45) is 10.2. The Morgan fingerprint density at radius 1 is 0.255 bits per heavy atom. The maximum absolute atomic E-state index is 5.23. The Balaban J connectivity index is 0.000000214. The second-order valence-electron chi connectivity index (χ2n) is 27.8. The molecular weight excluding hydrogens is 1260 g/mol. The van der Waals surface area contributed by atoms with Gasteiger partial charge in [0.1, 0.15) is 28.5 Å². The van der Waals surface area contributed by atoms with Crippen LogP contribution in [0.4, 0.5) is 51.2 Å². The Kier molecular flexibility index (Phi) is 29.9. The third-order valence-corrected chi connectivity index (χ3v) is 21.5. The van der Waals surface area contributed by atoms with Crippen LogP contribution in [-0.2, 0) is 52.3 Å². The molecule has 510 valence electrons. The molecule has 0 unspecified atom stereocenters. The summed E-state index contributed by atoms with van der Waals surface area (Å²) in [6, 6.07) is 94.5. The predicted molar refractivity (Wildman–Crippen MR) is 416 cm³/mol. The van der Waals surface area contributed by atoms with Gasteiger partial charge in [-0.05, 0) is 151 Å². The number of rotatable bonds is 13. The standard InChI is InChI=1S/C48H51N4.C24H20P.4C4H8O.Mn/c1-46(2,3)34-22-28-37(29-23-34)49-40-16-10-13-19-43(40)52(44-20-14-11-17-41(44)50-38-30-24-35(25-31-38)47(4,5)6)45-21-15-12-18-42(45)51-39-32-26-36(27-33-39)48(7,8)9;1-5-13-21(14-6-1)25(22-15-7-2-8-16-22,23-17-9-3-10-18-23)24-19-11-4-12-20-24;4*1-2-4-5-3-1;/h10-33H,1-9H3;1-20H;4*1-4H2;/q-3;+1;;;;;+3. The summed E-state index contributed by atoms with van der Waals surface area (Å²) in [7, 11) is -1.91. The van der Waals surface area contributed by atoms with Gasteiger partial charge in [0.15, 0.2) is 0 Å². The van der Waals surface area contributed by atoms with Gasteiger partial charge < -0.3 is 39.8 Å². The number of anilines is 3. The summed E-state index contributed by atoms with van der Waals surface area (Å²) < 4.78 is 19.8. The van der Waals surface area contributed by atoms with E-state index in [4.69, 9.17) is 34.9 Å². The third kappa shape index (κ3) is 22.4. The minimum Gasteiger partial charge on any atom is -0.656 e. The van der Waals surface area contributed by atoms with Crippen molar-refractivity contribution in [3.8, 4) is 0 Å². The van der Waals surface area contributed by atoms with E-state index in [2.05, 4.69) is 316 Å². The molecule has 0 radical (unpaired) electrons. The summed E-state index contributed by atoms with van der Waals surface area (Å²) in [5.41, 5.74) is 12.0. The van der Waals surface area contributed by atoms with Crippen molar-refractivity contribution in [3.05, 3.63) is 300 Å². The number of para-hydroxylation sites is 6. The number of benzene rings is 10. The summed E-state index contributed by atoms with van der Waals surface area (Å²) in [6.45, 7) is 28.1. The molecule has 10 heteroatoms. The third-order valence-electron chi connectivity index (χ3n) is 17.2. The van der Waals surface area contributed by atoms with Crippen LogP contribution >= 0.6 is 7.26 Å². The van der Waals surface area contributed by atoms with E-state index in [1.54, 1.807) is 0 Å². The molecule has 0 N–H and O–H groups in total. The van der Waals surface area contributed by atoms with Crippen LogP contribution in [0.1, 0.15) is 130 Å².